The molecule has 1 unspecified atom stereocenters. The number of methoxy groups -OCH3 is 8. The number of hydrogen-bond donors (Lipinski definition) is 8. The molecule has 0 amide bonds. The number of pyridine rings is 6. The molecular weight excluding hydrogens is 1990 g/mol. The van der Waals surface area contributed by atoms with Crippen LogP contribution in [0.3, 0.4) is 0 Å². The Hall–Kier alpha value is -4.70. The van der Waals surface area contributed by atoms with Crippen molar-refractivity contribution in [1.29, 1.82) is 5.26 Å². The molecule has 0 fully saturated rings. The molecule has 0 saturated heterocycles. The van der Waals surface area contributed by atoms with Crippen LogP contribution in [0.5, 0.6) is 35.3 Å². The predicted octanol–water partition coefficient (Wildman–Crippen LogP) is 1.78. The monoisotopic (exact) mass is 2080 g/mol. The number of nitrogens with two attached hydrogens (primary N) is 3. The third-order valence-electron chi connectivity index (χ3n) is 11.7. The third kappa shape index (κ3) is 54.4. The minimum Gasteiger partial charge on any atom is -1.00 e. The number of oxime groups is 1. The number of carboxylic acid groups (broad SMARTS) is 1. The number of aromatic nitrogens is 12. The van der Waals surface area contributed by atoms with Gasteiger partial charge in [0.2, 0.25) is 35.3 Å². The number of amidine groups is 1. The summed E-state index contributed by atoms with van der Waals surface area (Å²) < 4.78 is 48.6. The number of rotatable bonds is 21. The van der Waals surface area contributed by atoms with Crippen LogP contribution >= 0.6 is 104 Å². The number of aryl methyl sites for hydroxylation is 3. The van der Waals surface area contributed by atoms with Crippen molar-refractivity contribution in [2.75, 3.05) is 99.8 Å². The molecule has 0 aliphatic rings. The Balaban J connectivity index is -0.000000140. The van der Waals surface area contributed by atoms with Crippen LogP contribution in [0.4, 0.5) is 17.1 Å². The molecule has 14 N–H and O–H groups in total. The van der Waals surface area contributed by atoms with Crippen LogP contribution in [0.2, 0.25) is 0 Å². The number of ketones is 2. The van der Waals surface area contributed by atoms with Gasteiger partial charge in [0, 0.05) is 39.7 Å². The van der Waals surface area contributed by atoms with Crippen LogP contribution in [0.15, 0.2) is 134 Å². The molecule has 9 aromatic heterocycles. The van der Waals surface area contributed by atoms with E-state index in [9.17, 15) is 9.59 Å². The van der Waals surface area contributed by atoms with Gasteiger partial charge in [-0.25, -0.2) is 55.8 Å². The molecule has 50 heteroatoms. The first-order chi connectivity index (χ1) is 52.3. The molecule has 636 valence electrons. The van der Waals surface area contributed by atoms with E-state index in [2.05, 4.69) is 146 Å². The molecule has 40 nitrogen and oxygen atoms in total. The Morgan fingerprint density at radius 3 is 1.31 bits per heavy atom. The third-order valence-corrected chi connectivity index (χ3v) is 14.3. The second-order valence-corrected chi connectivity index (χ2v) is 24.8. The van der Waals surface area contributed by atoms with Crippen molar-refractivity contribution in [3.8, 4) is 58.4 Å². The van der Waals surface area contributed by atoms with Crippen LogP contribution < -0.4 is 222 Å². The minimum absolute atomic E-state index is 0. The molecule has 0 saturated carbocycles. The summed E-state index contributed by atoms with van der Waals surface area (Å²) in [5.41, 5.74) is 21.3. The number of hydrogen-bond acceptors (Lipinski definition) is 35. The van der Waals surface area contributed by atoms with Gasteiger partial charge in [0.05, 0.1) is 109 Å². The predicted molar refractivity (Wildman–Crippen MR) is 444 cm³/mol. The van der Waals surface area contributed by atoms with E-state index < -0.39 is 5.97 Å². The second kappa shape index (κ2) is 77.4. The molecule has 0 aliphatic carbocycles. The fraction of sp³-hybridized carbons (Fsp3) is 0.328. The molecule has 9 heterocycles. The number of ether oxygens (including phenoxy) is 8. The number of carbonyl (C=O) groups is 4. The first kappa shape index (κ1) is 130. The molecular formula is C67H96Br5Cl2K3N20O20. The number of anilines is 3. The van der Waals surface area contributed by atoms with E-state index in [0.29, 0.717) is 68.3 Å². The number of aliphatic carboxylic acids is 1. The van der Waals surface area contributed by atoms with Gasteiger partial charge in [-0.05, 0) is 178 Å². The number of imidazole rings is 3. The fourth-order valence-corrected chi connectivity index (χ4v) is 8.86. The van der Waals surface area contributed by atoms with Crippen molar-refractivity contribution in [3.63, 3.8) is 0 Å². The van der Waals surface area contributed by atoms with Gasteiger partial charge < -0.3 is 102 Å². The summed E-state index contributed by atoms with van der Waals surface area (Å²) in [5, 5.41) is 44.0. The van der Waals surface area contributed by atoms with Crippen LogP contribution in [0, 0.1) is 32.1 Å². The summed E-state index contributed by atoms with van der Waals surface area (Å²) in [6.45, 7) is 11.7. The van der Waals surface area contributed by atoms with Gasteiger partial charge in [-0.2, -0.15) is 5.26 Å². The van der Waals surface area contributed by atoms with Gasteiger partial charge in [0.15, 0.2) is 17.9 Å². The number of nitriles is 1. The zero-order valence-corrected chi connectivity index (χ0v) is 86.1. The standard InChI is InChI=1S/C11H13N5O2.C11H10N4O.C10H10BrN3O.C10H13BrN2O3.C7H9BrN2O2.C6H7BrN2O.C5H11BrO2.C3H5ClO.C2H4O2.CH2O3.CH4.ClH.3K.H3NO.H3N.H2O.H/c1-7-5-16(6-13-7)9-4-3-8(10(12)15-17)14-11(9)18-2;1-8-6-15(7-13-8)10-4-3-9(5-12)14-11(10)16-2;1-7-5-14(6-12-7)8-3-4-9(11)13-10(8)15-2;1-7(14)6-13(16-3)8-4-5-9(11)12-10(8)15-2;1-11-7-5(10-12-2)3-4-6(8)9-7;1-10-6-4(8)2-3-5(7)9-6;1-4(6)5(7-2)8-3;1-3(5)2-4;1-2(3)4;2-1-4-3;;;;;;1-2;;;/h3-6,17H,1-2H3,(H2,12,15);3-4,6-7H,1-2H3;3-6H,1-2H3;4-5H,6H2,1-3H3;3-4,10H,1-2H3;2-3H,8H2,1H3;4-5H,1-3H3;2H2,1H3;1H3,(H,3,4);1,3H;1H4;1H;;;;2H,1H2;1H3;1H2;/q;;;;;;;;;;;;3*+1;;;;-1/p-2. The van der Waals surface area contributed by atoms with Gasteiger partial charge in [-0.3, -0.25) is 34.3 Å². The Labute approximate surface area is 861 Å². The van der Waals surface area contributed by atoms with Crippen molar-refractivity contribution < 1.29 is 253 Å². The Kier molecular flexibility index (Phi) is 86.2. The van der Waals surface area contributed by atoms with Gasteiger partial charge in [0.25, 0.3) is 12.4 Å². The molecule has 117 heavy (non-hydrogen) atoms. The molecule has 0 radical (unpaired) electrons. The molecule has 9 aromatic rings. The van der Waals surface area contributed by atoms with Crippen molar-refractivity contribution in [1.82, 2.24) is 64.7 Å². The number of carbonyl (C=O) groups excluding carboxylic acids is 3. The minimum atomic E-state index is -0.833. The number of Topliss-reactive ketones (excluding diaryl/α,β-unsaturated/α-hetero) is 2. The van der Waals surface area contributed by atoms with E-state index >= 15 is 0 Å². The molecule has 0 aliphatic heterocycles. The van der Waals surface area contributed by atoms with Crippen LogP contribution in [0.25, 0.3) is 17.1 Å². The first-order valence-corrected chi connectivity index (χ1v) is 35.1. The summed E-state index contributed by atoms with van der Waals surface area (Å²) in [7, 11) is 15.5. The van der Waals surface area contributed by atoms with Crippen molar-refractivity contribution in [2.24, 2.45) is 16.8 Å². The Bertz CT molecular complexity index is 4270. The average Bonchev–Trinajstić information content (AvgIpc) is 1.64. The van der Waals surface area contributed by atoms with Gasteiger partial charge in [-0.15, -0.1) is 24.0 Å². The van der Waals surface area contributed by atoms with E-state index in [1.807, 2.05) is 73.6 Å². The van der Waals surface area contributed by atoms with E-state index in [1.165, 1.54) is 61.6 Å². The van der Waals surface area contributed by atoms with Crippen LogP contribution in [0.1, 0.15) is 65.0 Å². The number of hydroxylamine groups is 1. The van der Waals surface area contributed by atoms with Gasteiger partial charge >= 0.3 is 154 Å². The second-order valence-electron chi connectivity index (χ2n) is 19.9. The van der Waals surface area contributed by atoms with Crippen molar-refractivity contribution >= 4 is 151 Å². The topological polar surface area (TPSA) is 579 Å². The maximum Gasteiger partial charge on any atom is 1.00 e. The van der Waals surface area contributed by atoms with E-state index in [-0.39, 0.29) is 234 Å². The fourth-order valence-electron chi connectivity index (χ4n) is 7.26. The normalized spacial score (nSPS) is 9.37. The number of halogens is 7. The number of nitrogen functional groups attached to an aromatic ring is 1. The number of nitrogens with zero attached hydrogens (tertiary/aromatic N) is 15. The molecule has 0 spiro atoms. The van der Waals surface area contributed by atoms with E-state index in [1.54, 1.807) is 113 Å². The summed E-state index contributed by atoms with van der Waals surface area (Å²) in [5.74, 6) is 5.45. The van der Waals surface area contributed by atoms with Crippen LogP contribution in [-0.2, 0) is 43.2 Å². The average molecular weight is 2090 g/mol. The number of nitrogens with one attached hydrogen (secondary N) is 1. The summed E-state index contributed by atoms with van der Waals surface area (Å²) >= 11 is 21.3. The SMILES string of the molecule is C.CC(=O)CCl.CC(=O)O.COC(OC)C(C)Br.CONc1ccc(Br)nc1OC.COc1nc(/C(N)=N/O)ccc1-n1cnc(C)c1.COc1nc(Br)ccc1-n1cnc(C)c1.COc1nc(Br)ccc1N.COc1nc(Br)ccc1N(CC(C)=O)OC.COc1nc(C#N)ccc1-n1cnc(C)c1.Cl.N.NO.O=CO[O-].[H-].[K+].[K+].[K+].[OH-]. The zero-order valence-electron chi connectivity index (χ0n) is 68.2. The molecule has 0 bridgehead atoms. The molecule has 0 aromatic carbocycles. The Morgan fingerprint density at radius 2 is 0.991 bits per heavy atom. The van der Waals surface area contributed by atoms with Crippen LogP contribution in [-0.4, -0.2) is 204 Å². The van der Waals surface area contributed by atoms with E-state index in [0.717, 1.165) is 54.9 Å². The summed E-state index contributed by atoms with van der Waals surface area (Å²) in [4.78, 5) is 88.1. The van der Waals surface area contributed by atoms with Gasteiger partial charge in [0.1, 0.15) is 76.6 Å². The number of alkyl halides is 2. The zero-order chi connectivity index (χ0) is 84.0. The quantitative estimate of drug-likeness (QED) is 0.00485. The Morgan fingerprint density at radius 1 is 0.641 bits per heavy atom. The van der Waals surface area contributed by atoms with Crippen molar-refractivity contribution in [2.45, 2.75) is 67.0 Å². The first-order valence-electron chi connectivity index (χ1n) is 30.5. The number of carboxylic acids is 1. The smallest absolute Gasteiger partial charge is 1.00 e. The summed E-state index contributed by atoms with van der Waals surface area (Å²) in [6, 6.07) is 23.2. The summed E-state index contributed by atoms with van der Waals surface area (Å²) in [6.07, 6.45) is 10.6. The van der Waals surface area contributed by atoms with Crippen molar-refractivity contribution in [3.05, 3.63) is 157 Å². The van der Waals surface area contributed by atoms with Gasteiger partial charge in [-0.1, -0.05) is 28.5 Å². The maximum atomic E-state index is 11.1. The van der Waals surface area contributed by atoms with E-state index in [4.69, 9.17) is 106 Å². The largest absolute Gasteiger partial charge is 1.00 e. The maximum absolute atomic E-state index is 11.1. The molecule has 9 rings (SSSR count). The molecule has 1 atom stereocenters.